The molecule has 0 aromatic heterocycles. The Morgan fingerprint density at radius 2 is 2.21 bits per heavy atom. The Balaban J connectivity index is 1.91. The van der Waals surface area contributed by atoms with E-state index >= 15 is 0 Å². The molecule has 0 aromatic rings. The Morgan fingerprint density at radius 3 is 2.84 bits per heavy atom. The van der Waals surface area contributed by atoms with Gasteiger partial charge >= 0.3 is 6.18 Å². The fourth-order valence-corrected chi connectivity index (χ4v) is 2.83. The third-order valence-corrected chi connectivity index (χ3v) is 3.90. The molecule has 2 saturated heterocycles. The number of carbonyl (C=O) groups is 1. The van der Waals surface area contributed by atoms with Gasteiger partial charge in [-0.25, -0.2) is 0 Å². The summed E-state index contributed by atoms with van der Waals surface area (Å²) in [6.07, 6.45) is -2.65. The fraction of sp³-hybridized carbons (Fsp3) is 0.833. The number of carbonyl (C=O) groups excluding carboxylic acids is 1. The topological polar surface area (TPSA) is 56.1 Å². The summed E-state index contributed by atoms with van der Waals surface area (Å²) in [6.45, 7) is 0.756. The highest BCUT2D eigenvalue weighted by atomic mass is 19.4. The van der Waals surface area contributed by atoms with Crippen molar-refractivity contribution in [3.8, 4) is 6.07 Å². The van der Waals surface area contributed by atoms with Crippen molar-refractivity contribution in [2.75, 3.05) is 19.6 Å². The van der Waals surface area contributed by atoms with Gasteiger partial charge in [0.05, 0.1) is 6.07 Å². The third-order valence-electron chi connectivity index (χ3n) is 3.90. The first kappa shape index (κ1) is 14.1. The molecular weight excluding hydrogens is 259 g/mol. The molecule has 0 radical (unpaired) electrons. The van der Waals surface area contributed by atoms with Crippen LogP contribution in [-0.4, -0.2) is 42.7 Å². The van der Waals surface area contributed by atoms with Gasteiger partial charge in [-0.2, -0.15) is 18.4 Å². The SMILES string of the molecule is N#CC(CN1CCC2NC(=O)CCC2C1)C(F)(F)F. The molecule has 1 N–H and O–H groups in total. The molecule has 2 heterocycles. The number of nitrogens with zero attached hydrogens (tertiary/aromatic N) is 2. The number of hydrogen-bond acceptors (Lipinski definition) is 3. The van der Waals surface area contributed by atoms with Crippen LogP contribution in [0.3, 0.4) is 0 Å². The summed E-state index contributed by atoms with van der Waals surface area (Å²) >= 11 is 0. The van der Waals surface area contributed by atoms with Crippen molar-refractivity contribution in [2.24, 2.45) is 11.8 Å². The lowest BCUT2D eigenvalue weighted by molar-refractivity contribution is -0.164. The van der Waals surface area contributed by atoms with Gasteiger partial charge in [-0.15, -0.1) is 0 Å². The highest BCUT2D eigenvalue weighted by Gasteiger charge is 2.42. The highest BCUT2D eigenvalue weighted by molar-refractivity contribution is 5.77. The molecule has 1 amide bonds. The molecular formula is C12H16F3N3O. The number of alkyl halides is 3. The molecule has 2 aliphatic rings. The normalized spacial score (nSPS) is 30.1. The molecule has 4 nitrogen and oxygen atoms in total. The largest absolute Gasteiger partial charge is 0.405 e. The molecule has 3 unspecified atom stereocenters. The minimum atomic E-state index is -4.47. The van der Waals surface area contributed by atoms with E-state index < -0.39 is 12.1 Å². The summed E-state index contributed by atoms with van der Waals surface area (Å²) in [5, 5.41) is 11.5. The number of hydrogen-bond donors (Lipinski definition) is 1. The Kier molecular flexibility index (Phi) is 3.99. The first-order valence-corrected chi connectivity index (χ1v) is 6.38. The van der Waals surface area contributed by atoms with E-state index in [4.69, 9.17) is 5.26 Å². The second-order valence-corrected chi connectivity index (χ2v) is 5.24. The van der Waals surface area contributed by atoms with Crippen molar-refractivity contribution >= 4 is 5.91 Å². The first-order chi connectivity index (χ1) is 8.90. The molecule has 106 valence electrons. The van der Waals surface area contributed by atoms with Crippen molar-refractivity contribution in [1.29, 1.82) is 5.26 Å². The van der Waals surface area contributed by atoms with Crippen LogP contribution in [-0.2, 0) is 4.79 Å². The first-order valence-electron chi connectivity index (χ1n) is 6.38. The van der Waals surface area contributed by atoms with E-state index in [0.29, 0.717) is 25.9 Å². The Hall–Kier alpha value is -1.29. The molecule has 0 bridgehead atoms. The predicted octanol–water partition coefficient (Wildman–Crippen LogP) is 1.29. The maximum atomic E-state index is 12.6. The molecule has 0 spiro atoms. The van der Waals surface area contributed by atoms with E-state index in [9.17, 15) is 18.0 Å². The van der Waals surface area contributed by atoms with Gasteiger partial charge in [-0.05, 0) is 18.8 Å². The van der Waals surface area contributed by atoms with E-state index in [-0.39, 0.29) is 24.4 Å². The average molecular weight is 275 g/mol. The fourth-order valence-electron chi connectivity index (χ4n) is 2.83. The zero-order valence-corrected chi connectivity index (χ0v) is 10.4. The van der Waals surface area contributed by atoms with Gasteiger partial charge < -0.3 is 10.2 Å². The number of likely N-dealkylation sites (tertiary alicyclic amines) is 1. The monoisotopic (exact) mass is 275 g/mol. The summed E-state index contributed by atoms with van der Waals surface area (Å²) in [7, 11) is 0. The van der Waals surface area contributed by atoms with Crippen molar-refractivity contribution < 1.29 is 18.0 Å². The summed E-state index contributed by atoms with van der Waals surface area (Å²) < 4.78 is 37.7. The molecule has 0 aliphatic carbocycles. The summed E-state index contributed by atoms with van der Waals surface area (Å²) in [6, 6.07) is 1.42. The highest BCUT2D eigenvalue weighted by Crippen LogP contribution is 2.30. The Labute approximate surface area is 109 Å². The Morgan fingerprint density at radius 1 is 1.47 bits per heavy atom. The lowest BCUT2D eigenvalue weighted by Crippen LogP contribution is -2.55. The standard InChI is InChI=1S/C12H16F3N3O/c13-12(14,15)9(5-16)7-18-4-3-10-8(6-18)1-2-11(19)17-10/h8-10H,1-4,6-7H2,(H,17,19). The number of fused-ring (bicyclic) bond motifs is 1. The minimum absolute atomic E-state index is 0.0277. The van der Waals surface area contributed by atoms with Gasteiger partial charge in [0, 0.05) is 32.1 Å². The number of nitrogens with one attached hydrogen (secondary N) is 1. The van der Waals surface area contributed by atoms with Crippen molar-refractivity contribution in [3.05, 3.63) is 0 Å². The van der Waals surface area contributed by atoms with Crippen LogP contribution >= 0.6 is 0 Å². The van der Waals surface area contributed by atoms with Crippen LogP contribution in [0.1, 0.15) is 19.3 Å². The van der Waals surface area contributed by atoms with Crippen LogP contribution in [0, 0.1) is 23.2 Å². The molecule has 0 saturated carbocycles. The number of amides is 1. The van der Waals surface area contributed by atoms with Crippen LogP contribution in [0.25, 0.3) is 0 Å². The number of rotatable bonds is 2. The quantitative estimate of drug-likeness (QED) is 0.826. The number of halogens is 3. The zero-order valence-electron chi connectivity index (χ0n) is 10.4. The average Bonchev–Trinajstić information content (AvgIpc) is 2.34. The van der Waals surface area contributed by atoms with Gasteiger partial charge in [-0.1, -0.05) is 0 Å². The van der Waals surface area contributed by atoms with Crippen LogP contribution < -0.4 is 5.32 Å². The molecule has 0 aromatic carbocycles. The molecule has 2 rings (SSSR count). The van der Waals surface area contributed by atoms with E-state index in [1.54, 1.807) is 4.90 Å². The van der Waals surface area contributed by atoms with E-state index in [1.807, 2.05) is 0 Å². The van der Waals surface area contributed by atoms with Crippen LogP contribution in [0.2, 0.25) is 0 Å². The summed E-state index contributed by atoms with van der Waals surface area (Å²) in [5.74, 6) is -1.69. The van der Waals surface area contributed by atoms with Crippen molar-refractivity contribution in [1.82, 2.24) is 10.2 Å². The van der Waals surface area contributed by atoms with Crippen LogP contribution in [0.5, 0.6) is 0 Å². The Bertz CT molecular complexity index is 391. The van der Waals surface area contributed by atoms with Gasteiger partial charge in [0.15, 0.2) is 5.92 Å². The van der Waals surface area contributed by atoms with Crippen LogP contribution in [0.15, 0.2) is 0 Å². The number of piperidine rings is 2. The van der Waals surface area contributed by atoms with Crippen molar-refractivity contribution in [3.63, 3.8) is 0 Å². The smallest absolute Gasteiger partial charge is 0.353 e. The minimum Gasteiger partial charge on any atom is -0.353 e. The van der Waals surface area contributed by atoms with E-state index in [1.165, 1.54) is 6.07 Å². The second-order valence-electron chi connectivity index (χ2n) is 5.24. The van der Waals surface area contributed by atoms with E-state index in [2.05, 4.69) is 5.32 Å². The number of nitriles is 1. The maximum absolute atomic E-state index is 12.6. The van der Waals surface area contributed by atoms with Crippen LogP contribution in [0.4, 0.5) is 13.2 Å². The lowest BCUT2D eigenvalue weighted by atomic mass is 9.85. The van der Waals surface area contributed by atoms with E-state index in [0.717, 1.165) is 6.42 Å². The predicted molar refractivity (Wildman–Crippen MR) is 60.9 cm³/mol. The molecule has 7 heteroatoms. The van der Waals surface area contributed by atoms with Gasteiger partial charge in [-0.3, -0.25) is 4.79 Å². The molecule has 3 atom stereocenters. The van der Waals surface area contributed by atoms with Gasteiger partial charge in [0.1, 0.15) is 0 Å². The maximum Gasteiger partial charge on any atom is 0.405 e. The lowest BCUT2D eigenvalue weighted by Gasteiger charge is -2.41. The third kappa shape index (κ3) is 3.38. The van der Waals surface area contributed by atoms with Gasteiger partial charge in [0.25, 0.3) is 0 Å². The molecule has 2 aliphatic heterocycles. The van der Waals surface area contributed by atoms with Crippen molar-refractivity contribution in [2.45, 2.75) is 31.5 Å². The zero-order chi connectivity index (χ0) is 14.0. The second kappa shape index (κ2) is 5.37. The molecule has 19 heavy (non-hydrogen) atoms. The summed E-state index contributed by atoms with van der Waals surface area (Å²) in [4.78, 5) is 12.9. The van der Waals surface area contributed by atoms with Gasteiger partial charge in [0.2, 0.25) is 5.91 Å². The summed E-state index contributed by atoms with van der Waals surface area (Å²) in [5.41, 5.74) is 0. The molecule has 2 fully saturated rings.